The van der Waals surface area contributed by atoms with Gasteiger partial charge in [0.25, 0.3) is 15.6 Å². The van der Waals surface area contributed by atoms with Gasteiger partial charge < -0.3 is 19.5 Å². The highest BCUT2D eigenvalue weighted by molar-refractivity contribution is 14.1. The number of nitrogens with one attached hydrogen (secondary N) is 1. The Morgan fingerprint density at radius 1 is 1.24 bits per heavy atom. The fourth-order valence-electron chi connectivity index (χ4n) is 2.76. The topological polar surface area (TPSA) is 95.6 Å². The molecule has 0 saturated carbocycles. The summed E-state index contributed by atoms with van der Waals surface area (Å²) in [6.07, 6.45) is 2.98. The zero-order valence-corrected chi connectivity index (χ0v) is 17.0. The third-order valence-corrected chi connectivity index (χ3v) is 5.39. The monoisotopic (exact) mass is 520 g/mol. The molecule has 1 N–H and O–H groups in total. The molecule has 0 bridgehead atoms. The molecule has 10 heteroatoms. The van der Waals surface area contributed by atoms with Gasteiger partial charge in [-0.05, 0) is 15.9 Å². The van der Waals surface area contributed by atoms with Crippen molar-refractivity contribution in [2.75, 3.05) is 33.3 Å². The zero-order valence-electron chi connectivity index (χ0n) is 13.2. The van der Waals surface area contributed by atoms with Crippen molar-refractivity contribution in [2.24, 2.45) is 0 Å². The van der Waals surface area contributed by atoms with Gasteiger partial charge >= 0.3 is 0 Å². The average molecular weight is 521 g/mol. The van der Waals surface area contributed by atoms with Crippen LogP contribution in [0.2, 0.25) is 0 Å². The second kappa shape index (κ2) is 7.28. The Bertz CT molecular complexity index is 861. The lowest BCUT2D eigenvalue weighted by Gasteiger charge is -2.33. The standard InChI is InChI=1S/C15H14BrIN4O4/c1-25-9-7-19-13(16)11-10(9)8(6-18-11)12(22)14(23)20-2-4-21(5-3-20)15(17)24/h6-7,18H,2-5H2,1H3. The minimum atomic E-state index is -0.614. The van der Waals surface area contributed by atoms with Gasteiger partial charge in [-0.25, -0.2) is 4.98 Å². The molecule has 1 aliphatic rings. The molecule has 1 aliphatic heterocycles. The van der Waals surface area contributed by atoms with Gasteiger partial charge in [0.05, 0.1) is 29.8 Å². The predicted octanol–water partition coefficient (Wildman–Crippen LogP) is 2.22. The maximum Gasteiger partial charge on any atom is 0.295 e. The third kappa shape index (κ3) is 3.36. The molecule has 2 aromatic heterocycles. The zero-order chi connectivity index (χ0) is 18.1. The van der Waals surface area contributed by atoms with Crippen LogP contribution >= 0.6 is 38.5 Å². The summed E-state index contributed by atoms with van der Waals surface area (Å²) in [6.45, 7) is 1.52. The fourth-order valence-corrected chi connectivity index (χ4v) is 3.66. The number of halogens is 2. The summed E-state index contributed by atoms with van der Waals surface area (Å²) in [7, 11) is 1.48. The SMILES string of the molecule is COc1cnc(Br)c2[nH]cc(C(=O)C(=O)N3CCN(C(=O)I)CC3)c12. The predicted molar refractivity (Wildman–Crippen MR) is 102 cm³/mol. The Morgan fingerprint density at radius 3 is 2.48 bits per heavy atom. The van der Waals surface area contributed by atoms with Crippen LogP contribution in [0.15, 0.2) is 17.0 Å². The first kappa shape index (κ1) is 18.1. The number of carbonyl (C=O) groups excluding carboxylic acids is 3. The summed E-state index contributed by atoms with van der Waals surface area (Å²) in [6, 6.07) is 0. The first-order valence-electron chi connectivity index (χ1n) is 7.41. The Labute approximate surface area is 165 Å². The second-order valence-electron chi connectivity index (χ2n) is 5.43. The van der Waals surface area contributed by atoms with Gasteiger partial charge in [-0.3, -0.25) is 14.4 Å². The van der Waals surface area contributed by atoms with Crippen molar-refractivity contribution in [3.63, 3.8) is 0 Å². The summed E-state index contributed by atoms with van der Waals surface area (Å²) in [5.41, 5.74) is 0.836. The van der Waals surface area contributed by atoms with Gasteiger partial charge in [0.15, 0.2) is 0 Å². The molecule has 3 heterocycles. The molecule has 0 spiro atoms. The van der Waals surface area contributed by atoms with Crippen molar-refractivity contribution in [2.45, 2.75) is 0 Å². The van der Waals surface area contributed by atoms with Crippen molar-refractivity contribution < 1.29 is 19.1 Å². The van der Waals surface area contributed by atoms with Crippen molar-refractivity contribution in [3.8, 4) is 5.75 Å². The van der Waals surface area contributed by atoms with Crippen LogP contribution in [0.1, 0.15) is 10.4 Å². The molecule has 1 saturated heterocycles. The summed E-state index contributed by atoms with van der Waals surface area (Å²) >= 11 is 5.03. The van der Waals surface area contributed by atoms with Crippen LogP contribution in [0.3, 0.4) is 0 Å². The highest BCUT2D eigenvalue weighted by Crippen LogP contribution is 2.32. The van der Waals surface area contributed by atoms with E-state index >= 15 is 0 Å². The quantitative estimate of drug-likeness (QED) is 0.167. The third-order valence-electron chi connectivity index (χ3n) is 4.10. The molecule has 3 rings (SSSR count). The van der Waals surface area contributed by atoms with E-state index in [0.29, 0.717) is 47.4 Å². The minimum absolute atomic E-state index is 0.0604. The Hall–Kier alpha value is -1.69. The van der Waals surface area contributed by atoms with E-state index in [1.165, 1.54) is 24.4 Å². The highest BCUT2D eigenvalue weighted by Gasteiger charge is 2.30. The van der Waals surface area contributed by atoms with E-state index in [9.17, 15) is 14.4 Å². The number of hydrogen-bond acceptors (Lipinski definition) is 5. The summed E-state index contributed by atoms with van der Waals surface area (Å²) < 4.78 is 5.74. The Balaban J connectivity index is 1.86. The largest absolute Gasteiger partial charge is 0.494 e. The van der Waals surface area contributed by atoms with E-state index in [-0.39, 0.29) is 9.48 Å². The Morgan fingerprint density at radius 2 is 1.88 bits per heavy atom. The molecule has 0 unspecified atom stereocenters. The molecule has 0 aliphatic carbocycles. The smallest absolute Gasteiger partial charge is 0.295 e. The van der Waals surface area contributed by atoms with Gasteiger partial charge in [-0.15, -0.1) is 0 Å². The maximum atomic E-state index is 12.7. The molecule has 25 heavy (non-hydrogen) atoms. The van der Waals surface area contributed by atoms with E-state index in [0.717, 1.165) is 0 Å². The van der Waals surface area contributed by atoms with Crippen molar-refractivity contribution in [1.29, 1.82) is 0 Å². The van der Waals surface area contributed by atoms with Gasteiger partial charge in [0.2, 0.25) is 0 Å². The van der Waals surface area contributed by atoms with Crippen LogP contribution in [0.5, 0.6) is 5.75 Å². The number of aromatic nitrogens is 2. The van der Waals surface area contributed by atoms with Gasteiger partial charge in [-0.2, -0.15) is 0 Å². The van der Waals surface area contributed by atoms with Crippen LogP contribution in [0.25, 0.3) is 10.9 Å². The molecule has 0 aromatic carbocycles. The van der Waals surface area contributed by atoms with Gasteiger partial charge in [0.1, 0.15) is 10.4 Å². The fraction of sp³-hybridized carbons (Fsp3) is 0.333. The average Bonchev–Trinajstić information content (AvgIpc) is 3.07. The van der Waals surface area contributed by atoms with Crippen LogP contribution in [-0.4, -0.2) is 68.7 Å². The molecule has 8 nitrogen and oxygen atoms in total. The number of pyridine rings is 1. The van der Waals surface area contributed by atoms with Crippen LogP contribution in [-0.2, 0) is 4.79 Å². The van der Waals surface area contributed by atoms with Crippen molar-refractivity contribution in [3.05, 3.63) is 22.6 Å². The lowest BCUT2D eigenvalue weighted by molar-refractivity contribution is -0.127. The number of ketones is 1. The van der Waals surface area contributed by atoms with E-state index in [1.807, 2.05) is 0 Å². The lowest BCUT2D eigenvalue weighted by Crippen LogP contribution is -2.51. The van der Waals surface area contributed by atoms with Gasteiger partial charge in [0, 0.05) is 55.0 Å². The number of carbonyl (C=O) groups is 3. The maximum absolute atomic E-state index is 12.7. The Kier molecular flexibility index (Phi) is 5.27. The summed E-state index contributed by atoms with van der Waals surface area (Å²) in [5, 5.41) is 0.517. The molecule has 0 atom stereocenters. The number of rotatable bonds is 3. The molecular formula is C15H14BrIN4O4. The number of fused-ring (bicyclic) bond motifs is 1. The van der Waals surface area contributed by atoms with Crippen LogP contribution in [0, 0.1) is 0 Å². The number of ether oxygens (including phenoxy) is 1. The van der Waals surface area contributed by atoms with E-state index in [4.69, 9.17) is 4.74 Å². The summed E-state index contributed by atoms with van der Waals surface area (Å²) in [4.78, 5) is 46.9. The normalized spacial score (nSPS) is 14.7. The first-order chi connectivity index (χ1) is 11.9. The van der Waals surface area contributed by atoms with E-state index in [2.05, 4.69) is 25.9 Å². The number of hydrogen-bond donors (Lipinski definition) is 1. The number of Topliss-reactive ketones (excluding diaryl/α,β-unsaturated/α-hetero) is 1. The van der Waals surface area contributed by atoms with Crippen molar-refractivity contribution >= 4 is 65.0 Å². The number of amides is 2. The molecular weight excluding hydrogens is 507 g/mol. The lowest BCUT2D eigenvalue weighted by atomic mass is 10.1. The second-order valence-corrected chi connectivity index (χ2v) is 7.11. The van der Waals surface area contributed by atoms with E-state index < -0.39 is 11.7 Å². The molecule has 2 aromatic rings. The summed E-state index contributed by atoms with van der Waals surface area (Å²) in [5.74, 6) is -0.788. The van der Waals surface area contributed by atoms with Crippen molar-refractivity contribution in [1.82, 2.24) is 19.8 Å². The minimum Gasteiger partial charge on any atom is -0.494 e. The molecule has 2 amide bonds. The first-order valence-corrected chi connectivity index (χ1v) is 9.28. The molecule has 0 radical (unpaired) electrons. The van der Waals surface area contributed by atoms with E-state index in [1.54, 1.807) is 27.5 Å². The molecule has 132 valence electrons. The number of piperazine rings is 1. The number of methoxy groups -OCH3 is 1. The van der Waals surface area contributed by atoms with Crippen LogP contribution in [0.4, 0.5) is 4.79 Å². The number of H-pyrrole nitrogens is 1. The number of nitrogens with zero attached hydrogens (tertiary/aromatic N) is 3. The molecule has 1 fully saturated rings. The van der Waals surface area contributed by atoms with Crippen LogP contribution < -0.4 is 4.74 Å². The van der Waals surface area contributed by atoms with Gasteiger partial charge in [-0.1, -0.05) is 0 Å². The highest BCUT2D eigenvalue weighted by atomic mass is 127. The number of aromatic amines is 1.